The van der Waals surface area contributed by atoms with E-state index in [9.17, 15) is 4.79 Å². The van der Waals surface area contributed by atoms with E-state index in [1.807, 2.05) is 0 Å². The van der Waals surface area contributed by atoms with E-state index in [0.717, 1.165) is 0 Å². The molecule has 0 atom stereocenters. The second kappa shape index (κ2) is 4.12. The third-order valence-electron chi connectivity index (χ3n) is 2.59. The minimum atomic E-state index is -0.602. The average Bonchev–Trinajstić information content (AvgIpc) is 3.05. The molecule has 0 radical (unpaired) electrons. The summed E-state index contributed by atoms with van der Waals surface area (Å²) in [5.41, 5.74) is 0.667. The monoisotopic (exact) mass is 259 g/mol. The highest BCUT2D eigenvalue weighted by Gasteiger charge is 2.15. The number of esters is 1. The number of carbonyl (C=O) groups excluding carboxylic acids is 1. The molecule has 0 aliphatic carbocycles. The van der Waals surface area contributed by atoms with Gasteiger partial charge in [-0.3, -0.25) is 4.68 Å². The summed E-state index contributed by atoms with van der Waals surface area (Å²) in [6, 6.07) is 0. The van der Waals surface area contributed by atoms with Gasteiger partial charge in [0.25, 0.3) is 5.82 Å². The summed E-state index contributed by atoms with van der Waals surface area (Å²) in [7, 11) is 3.05. The van der Waals surface area contributed by atoms with Gasteiger partial charge in [0.05, 0.1) is 18.7 Å². The predicted molar refractivity (Wildman–Crippen MR) is 62.6 cm³/mol. The maximum absolute atomic E-state index is 11.3. The van der Waals surface area contributed by atoms with Gasteiger partial charge in [-0.15, -0.1) is 5.10 Å². The maximum atomic E-state index is 11.3. The molecule has 0 saturated heterocycles. The summed E-state index contributed by atoms with van der Waals surface area (Å²) in [5.74, 6) is -0.130. The summed E-state index contributed by atoms with van der Waals surface area (Å²) >= 11 is 0. The molecule has 0 spiro atoms. The second-order valence-electron chi connectivity index (χ2n) is 3.71. The number of hydrogen-bond acceptors (Lipinski definition) is 7. The Morgan fingerprint density at radius 1 is 1.32 bits per heavy atom. The highest BCUT2D eigenvalue weighted by atomic mass is 16.5. The molecule has 9 heteroatoms. The first-order valence-electron chi connectivity index (χ1n) is 5.34. The first-order chi connectivity index (χ1) is 9.20. The molecule has 0 fully saturated rings. The van der Waals surface area contributed by atoms with Gasteiger partial charge in [-0.1, -0.05) is 0 Å². The molecule has 0 amide bonds. The molecule has 0 aliphatic rings. The molecule has 0 bridgehead atoms. The lowest BCUT2D eigenvalue weighted by molar-refractivity contribution is 0.0587. The lowest BCUT2D eigenvalue weighted by Crippen LogP contribution is -2.06. The van der Waals surface area contributed by atoms with Crippen molar-refractivity contribution >= 4 is 17.0 Å². The van der Waals surface area contributed by atoms with Crippen molar-refractivity contribution in [3.05, 3.63) is 24.7 Å². The van der Waals surface area contributed by atoms with E-state index in [0.29, 0.717) is 16.9 Å². The van der Waals surface area contributed by atoms with Crippen LogP contribution in [0.1, 0.15) is 10.6 Å². The third-order valence-corrected chi connectivity index (χ3v) is 2.59. The third kappa shape index (κ3) is 1.71. The van der Waals surface area contributed by atoms with Crippen molar-refractivity contribution < 1.29 is 9.53 Å². The van der Waals surface area contributed by atoms with Crippen LogP contribution in [0.3, 0.4) is 0 Å². The van der Waals surface area contributed by atoms with E-state index in [1.165, 1.54) is 24.4 Å². The number of methoxy groups -OCH3 is 1. The Morgan fingerprint density at radius 2 is 2.16 bits per heavy atom. The number of hydrogen-bond donors (Lipinski definition) is 0. The molecule has 0 saturated carbocycles. The Kier molecular flexibility index (Phi) is 2.44. The molecule has 9 nitrogen and oxygen atoms in total. The van der Waals surface area contributed by atoms with Gasteiger partial charge in [-0.2, -0.15) is 5.10 Å². The standard InChI is InChI=1S/C10H9N7O2/c1-16-8-6(3-14-16)9(12-4-11-8)17-5-13-7(15-17)10(18)19-2/h3-5H,1-2H3. The zero-order chi connectivity index (χ0) is 13.4. The summed E-state index contributed by atoms with van der Waals surface area (Å²) in [6.45, 7) is 0. The molecule has 3 heterocycles. The Hall–Kier alpha value is -2.84. The SMILES string of the molecule is COC(=O)c1ncn(-c2ncnc3c2cnn3C)n1. The Morgan fingerprint density at radius 3 is 2.95 bits per heavy atom. The molecule has 3 aromatic heterocycles. The molecule has 19 heavy (non-hydrogen) atoms. The van der Waals surface area contributed by atoms with Crippen LogP contribution in [0.25, 0.3) is 16.9 Å². The van der Waals surface area contributed by atoms with Gasteiger partial charge in [-0.05, 0) is 0 Å². The van der Waals surface area contributed by atoms with E-state index >= 15 is 0 Å². The highest BCUT2D eigenvalue weighted by molar-refractivity contribution is 5.85. The van der Waals surface area contributed by atoms with Crippen molar-refractivity contribution in [3.8, 4) is 5.82 Å². The molecule has 0 N–H and O–H groups in total. The van der Waals surface area contributed by atoms with Crippen molar-refractivity contribution in [3.63, 3.8) is 0 Å². The number of nitrogens with zero attached hydrogens (tertiary/aromatic N) is 7. The number of carbonyl (C=O) groups is 1. The maximum Gasteiger partial charge on any atom is 0.377 e. The normalized spacial score (nSPS) is 10.8. The van der Waals surface area contributed by atoms with Crippen molar-refractivity contribution in [2.24, 2.45) is 7.05 Å². The van der Waals surface area contributed by atoms with Gasteiger partial charge >= 0.3 is 5.97 Å². The molecule has 0 unspecified atom stereocenters. The van der Waals surface area contributed by atoms with Gasteiger partial charge in [0.15, 0.2) is 11.5 Å². The molecule has 3 aromatic rings. The van der Waals surface area contributed by atoms with Crippen molar-refractivity contribution in [1.82, 2.24) is 34.5 Å². The van der Waals surface area contributed by atoms with Crippen LogP contribution < -0.4 is 0 Å². The van der Waals surface area contributed by atoms with Crippen LogP contribution in [-0.2, 0) is 11.8 Å². The molecule has 0 aliphatic heterocycles. The molecular formula is C10H9N7O2. The lowest BCUT2D eigenvalue weighted by atomic mass is 10.4. The zero-order valence-electron chi connectivity index (χ0n) is 10.2. The summed E-state index contributed by atoms with van der Waals surface area (Å²) < 4.78 is 7.56. The van der Waals surface area contributed by atoms with Gasteiger partial charge < -0.3 is 4.74 Å². The second-order valence-corrected chi connectivity index (χ2v) is 3.71. The lowest BCUT2D eigenvalue weighted by Gasteiger charge is -2.00. The fraction of sp³-hybridized carbons (Fsp3) is 0.200. The predicted octanol–water partition coefficient (Wildman–Crippen LogP) is -0.269. The van der Waals surface area contributed by atoms with Crippen LogP contribution >= 0.6 is 0 Å². The molecule has 3 rings (SSSR count). The van der Waals surface area contributed by atoms with Crippen LogP contribution in [0.5, 0.6) is 0 Å². The van der Waals surface area contributed by atoms with E-state index in [1.54, 1.807) is 17.9 Å². The highest BCUT2D eigenvalue weighted by Crippen LogP contribution is 2.16. The first kappa shape index (κ1) is 11.3. The van der Waals surface area contributed by atoms with Crippen LogP contribution in [0.2, 0.25) is 0 Å². The van der Waals surface area contributed by atoms with Crippen molar-refractivity contribution in [1.29, 1.82) is 0 Å². The smallest absolute Gasteiger partial charge is 0.377 e. The number of ether oxygens (including phenoxy) is 1. The summed E-state index contributed by atoms with van der Waals surface area (Å²) in [5, 5.41) is 8.83. The fourth-order valence-corrected chi connectivity index (χ4v) is 1.68. The number of aromatic nitrogens is 7. The summed E-state index contributed by atoms with van der Waals surface area (Å²) in [4.78, 5) is 23.4. The van der Waals surface area contributed by atoms with E-state index in [2.05, 4.69) is 29.9 Å². The first-order valence-corrected chi connectivity index (χ1v) is 5.34. The van der Waals surface area contributed by atoms with Crippen LogP contribution in [-0.4, -0.2) is 47.6 Å². The molecule has 0 aromatic carbocycles. The number of aryl methyl sites for hydroxylation is 1. The quantitative estimate of drug-likeness (QED) is 0.584. The minimum absolute atomic E-state index is 0.0295. The van der Waals surface area contributed by atoms with Crippen molar-refractivity contribution in [2.45, 2.75) is 0 Å². The number of rotatable bonds is 2. The zero-order valence-corrected chi connectivity index (χ0v) is 10.2. The Bertz CT molecular complexity index is 760. The minimum Gasteiger partial charge on any atom is -0.463 e. The van der Waals surface area contributed by atoms with Gasteiger partial charge in [0.2, 0.25) is 0 Å². The van der Waals surface area contributed by atoms with Crippen molar-refractivity contribution in [2.75, 3.05) is 7.11 Å². The largest absolute Gasteiger partial charge is 0.463 e. The van der Waals surface area contributed by atoms with Crippen LogP contribution in [0.4, 0.5) is 0 Å². The topological polar surface area (TPSA) is 101 Å². The molecular weight excluding hydrogens is 250 g/mol. The van der Waals surface area contributed by atoms with E-state index < -0.39 is 5.97 Å². The molecule has 96 valence electrons. The van der Waals surface area contributed by atoms with Gasteiger partial charge in [-0.25, -0.2) is 24.4 Å². The number of fused-ring (bicyclic) bond motifs is 1. The van der Waals surface area contributed by atoms with Gasteiger partial charge in [0.1, 0.15) is 12.7 Å². The van der Waals surface area contributed by atoms with E-state index in [-0.39, 0.29) is 5.82 Å². The summed E-state index contributed by atoms with van der Waals surface area (Å²) in [6.07, 6.45) is 4.42. The Balaban J connectivity index is 2.14. The van der Waals surface area contributed by atoms with Crippen LogP contribution in [0.15, 0.2) is 18.9 Å². The van der Waals surface area contributed by atoms with Gasteiger partial charge in [0, 0.05) is 7.05 Å². The Labute approximate surface area is 106 Å². The van der Waals surface area contributed by atoms with E-state index in [4.69, 9.17) is 0 Å². The fourth-order valence-electron chi connectivity index (χ4n) is 1.68. The average molecular weight is 259 g/mol. The van der Waals surface area contributed by atoms with Crippen LogP contribution in [0, 0.1) is 0 Å².